The molecule has 2 aromatic heterocycles. The molecule has 39 heavy (non-hydrogen) atoms. The van der Waals surface area contributed by atoms with Crippen LogP contribution in [0.25, 0.3) is 16.8 Å². The number of nitrogens with zero attached hydrogens (tertiary/aromatic N) is 4. The Hall–Kier alpha value is -3.27. The predicted molar refractivity (Wildman–Crippen MR) is 146 cm³/mol. The molecule has 3 heterocycles. The lowest BCUT2D eigenvalue weighted by Crippen LogP contribution is -2.60. The van der Waals surface area contributed by atoms with Crippen LogP contribution in [0, 0.1) is 6.92 Å². The van der Waals surface area contributed by atoms with Crippen molar-refractivity contribution < 1.29 is 23.0 Å². The lowest BCUT2D eigenvalue weighted by molar-refractivity contribution is -0.150. The molecule has 1 saturated carbocycles. The second-order valence-corrected chi connectivity index (χ2v) is 10.9. The van der Waals surface area contributed by atoms with Crippen molar-refractivity contribution in [2.24, 2.45) is 0 Å². The van der Waals surface area contributed by atoms with Crippen LogP contribution in [0.15, 0.2) is 30.6 Å². The monoisotopic (exact) mass is 541 g/mol. The summed E-state index contributed by atoms with van der Waals surface area (Å²) >= 11 is 0. The van der Waals surface area contributed by atoms with Crippen molar-refractivity contribution in [3.63, 3.8) is 0 Å². The first-order valence-electron chi connectivity index (χ1n) is 13.8. The van der Waals surface area contributed by atoms with Gasteiger partial charge in [0.1, 0.15) is 17.7 Å². The van der Waals surface area contributed by atoms with E-state index in [1.165, 1.54) is 0 Å². The van der Waals surface area contributed by atoms with E-state index in [9.17, 15) is 13.6 Å². The molecule has 8 nitrogen and oxygen atoms in total. The maximum atomic E-state index is 13.4. The van der Waals surface area contributed by atoms with Crippen LogP contribution in [0.5, 0.6) is 5.75 Å². The summed E-state index contributed by atoms with van der Waals surface area (Å²) in [5.74, 6) is -0.833. The van der Waals surface area contributed by atoms with Crippen LogP contribution in [-0.2, 0) is 4.74 Å². The van der Waals surface area contributed by atoms with E-state index in [1.807, 2.05) is 44.0 Å². The molecule has 1 atom stereocenters. The number of fused-ring (bicyclic) bond motifs is 1. The van der Waals surface area contributed by atoms with Crippen LogP contribution in [0.1, 0.15) is 69.8 Å². The molecule has 210 valence electrons. The van der Waals surface area contributed by atoms with Gasteiger partial charge < -0.3 is 9.47 Å². The van der Waals surface area contributed by atoms with Crippen molar-refractivity contribution >= 4 is 17.3 Å². The van der Waals surface area contributed by atoms with E-state index >= 15 is 0 Å². The second kappa shape index (κ2) is 11.1. The number of aromatic nitrogens is 3. The highest BCUT2D eigenvalue weighted by molar-refractivity contribution is 5.89. The van der Waals surface area contributed by atoms with Gasteiger partial charge in [-0.25, -0.2) is 18.6 Å². The number of rotatable bonds is 8. The Morgan fingerprint density at radius 2 is 1.97 bits per heavy atom. The highest BCUT2D eigenvalue weighted by Crippen LogP contribution is 2.41. The normalized spacial score (nSPS) is 21.8. The van der Waals surface area contributed by atoms with Gasteiger partial charge in [-0.1, -0.05) is 19.4 Å². The minimum atomic E-state index is -2.53. The minimum absolute atomic E-state index is 0.119. The van der Waals surface area contributed by atoms with E-state index in [4.69, 9.17) is 14.5 Å². The van der Waals surface area contributed by atoms with Crippen LogP contribution in [0.4, 0.5) is 19.3 Å². The van der Waals surface area contributed by atoms with E-state index in [0.717, 1.165) is 66.8 Å². The Balaban J connectivity index is 1.38. The first-order valence-corrected chi connectivity index (χ1v) is 13.8. The highest BCUT2D eigenvalue weighted by Gasteiger charge is 2.47. The number of benzene rings is 1. The van der Waals surface area contributed by atoms with Gasteiger partial charge in [-0.3, -0.25) is 19.6 Å². The third-order valence-electron chi connectivity index (χ3n) is 7.93. The van der Waals surface area contributed by atoms with Crippen LogP contribution in [0.2, 0.25) is 0 Å². The highest BCUT2D eigenvalue weighted by atomic mass is 19.3. The number of imidazole rings is 1. The number of carbonyl (C=O) groups excluding carboxylic acids is 1. The second-order valence-electron chi connectivity index (χ2n) is 10.9. The number of aryl methyl sites for hydroxylation is 1. The first kappa shape index (κ1) is 27.3. The number of ether oxygens (including phenoxy) is 2. The molecule has 1 aliphatic heterocycles. The summed E-state index contributed by atoms with van der Waals surface area (Å²) < 4.78 is 39.9. The molecule has 10 heteroatoms. The average Bonchev–Trinajstić information content (AvgIpc) is 3.28. The number of hydrogen-bond acceptors (Lipinski definition) is 6. The number of anilines is 1. The fourth-order valence-corrected chi connectivity index (χ4v) is 5.94. The summed E-state index contributed by atoms with van der Waals surface area (Å²) in [6.45, 7) is 5.64. The lowest BCUT2D eigenvalue weighted by Gasteiger charge is -2.46. The molecule has 0 spiro atoms. The Kier molecular flexibility index (Phi) is 7.75. The Bertz CT molecular complexity index is 1330. The van der Waals surface area contributed by atoms with E-state index in [-0.39, 0.29) is 31.2 Å². The Labute approximate surface area is 227 Å². The quantitative estimate of drug-likeness (QED) is 0.354. The lowest BCUT2D eigenvalue weighted by atomic mass is 9.83. The third-order valence-corrected chi connectivity index (χ3v) is 7.93. The number of alkyl halides is 2. The molecule has 1 aromatic carbocycles. The van der Waals surface area contributed by atoms with E-state index in [0.29, 0.717) is 11.4 Å². The summed E-state index contributed by atoms with van der Waals surface area (Å²) in [5.41, 5.74) is 3.94. The molecule has 1 amide bonds. The standard InChI is InChI=1S/C29H37F2N5O3/c1-5-6-18(2)39-28(37)33-23-12-9-21(15-24(23)38-4)25-26-19(3)32-13-14-36(26)27(34-25)20-7-10-22(11-8-20)35-16-29(30,31)17-35/h9,12-15,18,20,22H,5-8,10-11,16-17H2,1-4H3,(H,33,37)/t18?,20-,22-. The smallest absolute Gasteiger partial charge is 0.412 e. The Morgan fingerprint density at radius 3 is 2.64 bits per heavy atom. The molecule has 1 N–H and O–H groups in total. The Morgan fingerprint density at radius 1 is 1.23 bits per heavy atom. The molecule has 1 aliphatic carbocycles. The maximum Gasteiger partial charge on any atom is 0.412 e. The molecule has 2 aliphatic rings. The van der Waals surface area contributed by atoms with Crippen molar-refractivity contribution in [2.45, 2.75) is 83.3 Å². The van der Waals surface area contributed by atoms with Gasteiger partial charge in [0.25, 0.3) is 5.92 Å². The molecule has 2 fully saturated rings. The van der Waals surface area contributed by atoms with Crippen molar-refractivity contribution in [1.29, 1.82) is 0 Å². The average molecular weight is 542 g/mol. The summed E-state index contributed by atoms with van der Waals surface area (Å²) in [7, 11) is 1.56. The number of methoxy groups -OCH3 is 1. The first-order chi connectivity index (χ1) is 18.7. The van der Waals surface area contributed by atoms with Gasteiger partial charge in [0.15, 0.2) is 0 Å². The molecule has 1 saturated heterocycles. The van der Waals surface area contributed by atoms with Gasteiger partial charge in [-0.2, -0.15) is 0 Å². The summed E-state index contributed by atoms with van der Waals surface area (Å²) in [6.07, 6.45) is 8.33. The number of likely N-dealkylation sites (tertiary alicyclic amines) is 1. The number of halogens is 2. The van der Waals surface area contributed by atoms with Gasteiger partial charge in [-0.15, -0.1) is 0 Å². The molecule has 1 unspecified atom stereocenters. The van der Waals surface area contributed by atoms with Crippen molar-refractivity contribution in [3.8, 4) is 17.0 Å². The zero-order valence-electron chi connectivity index (χ0n) is 23.0. The molecular formula is C29H37F2N5O3. The number of hydrogen-bond donors (Lipinski definition) is 1. The largest absolute Gasteiger partial charge is 0.495 e. The number of nitrogens with one attached hydrogen (secondary N) is 1. The topological polar surface area (TPSA) is 81.0 Å². The van der Waals surface area contributed by atoms with Crippen LogP contribution < -0.4 is 10.1 Å². The zero-order chi connectivity index (χ0) is 27.7. The molecular weight excluding hydrogens is 504 g/mol. The molecule has 5 rings (SSSR count). The van der Waals surface area contributed by atoms with E-state index in [2.05, 4.69) is 14.7 Å². The van der Waals surface area contributed by atoms with Crippen LogP contribution in [-0.4, -0.2) is 63.6 Å². The number of carbonyl (C=O) groups is 1. The van der Waals surface area contributed by atoms with Crippen LogP contribution >= 0.6 is 0 Å². The SMILES string of the molecule is CCCC(C)OC(=O)Nc1ccc(-c2nc([C@H]3CC[C@H](N4CC(F)(F)C4)CC3)n3ccnc(C)c23)cc1OC. The van der Waals surface area contributed by atoms with Gasteiger partial charge >= 0.3 is 6.09 Å². The van der Waals surface area contributed by atoms with E-state index in [1.54, 1.807) is 19.4 Å². The minimum Gasteiger partial charge on any atom is -0.495 e. The van der Waals surface area contributed by atoms with Gasteiger partial charge in [-0.05, 0) is 58.1 Å². The van der Waals surface area contributed by atoms with Crippen molar-refractivity contribution in [1.82, 2.24) is 19.3 Å². The van der Waals surface area contributed by atoms with Gasteiger partial charge in [0.2, 0.25) is 0 Å². The molecule has 0 bridgehead atoms. The zero-order valence-corrected chi connectivity index (χ0v) is 23.0. The fourth-order valence-electron chi connectivity index (χ4n) is 5.94. The van der Waals surface area contributed by atoms with Gasteiger partial charge in [0.05, 0.1) is 42.8 Å². The van der Waals surface area contributed by atoms with E-state index < -0.39 is 12.0 Å². The van der Waals surface area contributed by atoms with Crippen LogP contribution in [0.3, 0.4) is 0 Å². The summed E-state index contributed by atoms with van der Waals surface area (Å²) in [4.78, 5) is 23.9. The fraction of sp³-hybridized carbons (Fsp3) is 0.552. The van der Waals surface area contributed by atoms with Crippen molar-refractivity contribution in [3.05, 3.63) is 42.1 Å². The van der Waals surface area contributed by atoms with Crippen molar-refractivity contribution in [2.75, 3.05) is 25.5 Å². The maximum absolute atomic E-state index is 13.4. The third kappa shape index (κ3) is 5.71. The molecule has 3 aromatic rings. The number of amides is 1. The summed E-state index contributed by atoms with van der Waals surface area (Å²) in [5, 5.41) is 2.79. The van der Waals surface area contributed by atoms with Gasteiger partial charge in [0, 0.05) is 29.9 Å². The molecule has 0 radical (unpaired) electrons. The summed E-state index contributed by atoms with van der Waals surface area (Å²) in [6, 6.07) is 5.79. The predicted octanol–water partition coefficient (Wildman–Crippen LogP) is 6.43.